The Morgan fingerprint density at radius 3 is 1.90 bits per heavy atom. The van der Waals surface area contributed by atoms with Crippen LogP contribution >= 0.6 is 0 Å². The second kappa shape index (κ2) is 2.91. The van der Waals surface area contributed by atoms with Crippen LogP contribution in [0.2, 0.25) is 0 Å². The molecular weight excluding hydrogens is 122 g/mol. The van der Waals surface area contributed by atoms with Crippen molar-refractivity contribution in [2.75, 3.05) is 0 Å². The van der Waals surface area contributed by atoms with Gasteiger partial charge in [0.15, 0.2) is 0 Å². The lowest BCUT2D eigenvalue weighted by Gasteiger charge is -2.44. The molecule has 0 aromatic carbocycles. The molecule has 0 atom stereocenters. The molecule has 0 saturated heterocycles. The molecule has 0 aromatic rings. The summed E-state index contributed by atoms with van der Waals surface area (Å²) in [4.78, 5) is 0. The Morgan fingerprint density at radius 1 is 1.30 bits per heavy atom. The Hall–Kier alpha value is -0.0400. The monoisotopic (exact) mass is 141 g/mol. The van der Waals surface area contributed by atoms with Crippen LogP contribution in [-0.4, -0.2) is 5.54 Å². The van der Waals surface area contributed by atoms with E-state index in [4.69, 9.17) is 5.73 Å². The molecule has 1 saturated carbocycles. The zero-order valence-electron chi connectivity index (χ0n) is 7.19. The van der Waals surface area contributed by atoms with Crippen LogP contribution in [0, 0.1) is 5.92 Å². The molecule has 0 heterocycles. The van der Waals surface area contributed by atoms with Gasteiger partial charge in [-0.25, -0.2) is 0 Å². The van der Waals surface area contributed by atoms with E-state index in [1.165, 1.54) is 32.1 Å². The number of hydrogen-bond donors (Lipinski definition) is 1. The highest BCUT2D eigenvalue weighted by molar-refractivity contribution is 4.97. The molecule has 0 unspecified atom stereocenters. The SMILES string of the molecule is CCC(CC)C1(N)CCC1. The molecule has 0 spiro atoms. The van der Waals surface area contributed by atoms with E-state index in [1.807, 2.05) is 0 Å². The van der Waals surface area contributed by atoms with E-state index >= 15 is 0 Å². The molecule has 2 N–H and O–H groups in total. The van der Waals surface area contributed by atoms with E-state index in [-0.39, 0.29) is 5.54 Å². The molecule has 1 nitrogen and oxygen atoms in total. The molecule has 1 rings (SSSR count). The number of hydrogen-bond acceptors (Lipinski definition) is 1. The summed E-state index contributed by atoms with van der Waals surface area (Å²) in [6.45, 7) is 4.50. The minimum absolute atomic E-state index is 0.240. The third kappa shape index (κ3) is 1.20. The van der Waals surface area contributed by atoms with Crippen molar-refractivity contribution in [1.82, 2.24) is 0 Å². The summed E-state index contributed by atoms with van der Waals surface area (Å²) < 4.78 is 0. The smallest absolute Gasteiger partial charge is 0.0182 e. The first-order chi connectivity index (χ1) is 4.73. The third-order valence-corrected chi connectivity index (χ3v) is 3.08. The Bertz CT molecular complexity index is 101. The first-order valence-electron chi connectivity index (χ1n) is 4.52. The van der Waals surface area contributed by atoms with E-state index in [2.05, 4.69) is 13.8 Å². The first-order valence-corrected chi connectivity index (χ1v) is 4.52. The summed E-state index contributed by atoms with van der Waals surface area (Å²) >= 11 is 0. The summed E-state index contributed by atoms with van der Waals surface area (Å²) in [7, 11) is 0. The molecule has 1 heteroatoms. The second-order valence-corrected chi connectivity index (χ2v) is 3.60. The maximum absolute atomic E-state index is 6.17. The lowest BCUT2D eigenvalue weighted by molar-refractivity contribution is 0.144. The Labute approximate surface area is 64.0 Å². The highest BCUT2D eigenvalue weighted by Gasteiger charge is 2.37. The van der Waals surface area contributed by atoms with Crippen LogP contribution < -0.4 is 5.73 Å². The van der Waals surface area contributed by atoms with Crippen molar-refractivity contribution in [1.29, 1.82) is 0 Å². The van der Waals surface area contributed by atoms with Crippen LogP contribution in [0.1, 0.15) is 46.0 Å². The van der Waals surface area contributed by atoms with E-state index in [0.717, 1.165) is 5.92 Å². The van der Waals surface area contributed by atoms with Gasteiger partial charge < -0.3 is 5.73 Å². The Balaban J connectivity index is 2.43. The van der Waals surface area contributed by atoms with Gasteiger partial charge in [0.2, 0.25) is 0 Å². The molecule has 0 aliphatic heterocycles. The highest BCUT2D eigenvalue weighted by Crippen LogP contribution is 2.38. The van der Waals surface area contributed by atoms with Gasteiger partial charge in [-0.05, 0) is 25.2 Å². The van der Waals surface area contributed by atoms with Gasteiger partial charge in [0, 0.05) is 5.54 Å². The van der Waals surface area contributed by atoms with Crippen LogP contribution in [0.15, 0.2) is 0 Å². The quantitative estimate of drug-likeness (QED) is 0.641. The predicted octanol–water partition coefficient (Wildman–Crippen LogP) is 2.30. The van der Waals surface area contributed by atoms with Crippen LogP contribution in [0.5, 0.6) is 0 Å². The van der Waals surface area contributed by atoms with Crippen LogP contribution in [0.3, 0.4) is 0 Å². The van der Waals surface area contributed by atoms with Crippen molar-refractivity contribution in [2.45, 2.75) is 51.5 Å². The largest absolute Gasteiger partial charge is 0.325 e. The molecule has 10 heavy (non-hydrogen) atoms. The van der Waals surface area contributed by atoms with Crippen molar-refractivity contribution in [3.05, 3.63) is 0 Å². The van der Waals surface area contributed by atoms with E-state index in [9.17, 15) is 0 Å². The van der Waals surface area contributed by atoms with Crippen LogP contribution in [-0.2, 0) is 0 Å². The fraction of sp³-hybridized carbons (Fsp3) is 1.00. The molecule has 0 amide bonds. The van der Waals surface area contributed by atoms with Gasteiger partial charge >= 0.3 is 0 Å². The summed E-state index contributed by atoms with van der Waals surface area (Å²) in [5.74, 6) is 0.779. The van der Waals surface area contributed by atoms with Gasteiger partial charge in [0.05, 0.1) is 0 Å². The normalized spacial score (nSPS) is 22.8. The minimum Gasteiger partial charge on any atom is -0.325 e. The minimum atomic E-state index is 0.240. The van der Waals surface area contributed by atoms with E-state index in [0.29, 0.717) is 0 Å². The number of nitrogens with two attached hydrogens (primary N) is 1. The topological polar surface area (TPSA) is 26.0 Å². The average molecular weight is 141 g/mol. The van der Waals surface area contributed by atoms with Crippen molar-refractivity contribution >= 4 is 0 Å². The van der Waals surface area contributed by atoms with Crippen molar-refractivity contribution in [3.63, 3.8) is 0 Å². The summed E-state index contributed by atoms with van der Waals surface area (Å²) in [6, 6.07) is 0. The second-order valence-electron chi connectivity index (χ2n) is 3.60. The molecule has 0 radical (unpaired) electrons. The molecule has 1 aliphatic carbocycles. The molecule has 0 aromatic heterocycles. The highest BCUT2D eigenvalue weighted by atomic mass is 14.8. The van der Waals surface area contributed by atoms with E-state index in [1.54, 1.807) is 0 Å². The van der Waals surface area contributed by atoms with E-state index < -0.39 is 0 Å². The van der Waals surface area contributed by atoms with Gasteiger partial charge in [0.25, 0.3) is 0 Å². The first kappa shape index (κ1) is 8.06. The lowest BCUT2D eigenvalue weighted by atomic mass is 9.67. The predicted molar refractivity (Wildman–Crippen MR) is 44.8 cm³/mol. The summed E-state index contributed by atoms with van der Waals surface area (Å²) in [5, 5.41) is 0. The molecule has 0 bridgehead atoms. The van der Waals surface area contributed by atoms with Gasteiger partial charge in [-0.2, -0.15) is 0 Å². The Kier molecular flexibility index (Phi) is 2.35. The van der Waals surface area contributed by atoms with Crippen molar-refractivity contribution in [2.24, 2.45) is 11.7 Å². The maximum atomic E-state index is 6.17. The zero-order valence-corrected chi connectivity index (χ0v) is 7.19. The fourth-order valence-corrected chi connectivity index (χ4v) is 2.10. The molecule has 1 fully saturated rings. The Morgan fingerprint density at radius 2 is 1.80 bits per heavy atom. The maximum Gasteiger partial charge on any atom is 0.0182 e. The molecular formula is C9H19N. The van der Waals surface area contributed by atoms with Crippen molar-refractivity contribution < 1.29 is 0 Å². The fourth-order valence-electron chi connectivity index (χ4n) is 2.10. The summed E-state index contributed by atoms with van der Waals surface area (Å²) in [6.07, 6.45) is 6.39. The lowest BCUT2D eigenvalue weighted by Crippen LogP contribution is -2.52. The van der Waals surface area contributed by atoms with Gasteiger partial charge in [-0.3, -0.25) is 0 Å². The van der Waals surface area contributed by atoms with Crippen LogP contribution in [0.4, 0.5) is 0 Å². The molecule has 60 valence electrons. The van der Waals surface area contributed by atoms with Crippen LogP contribution in [0.25, 0.3) is 0 Å². The summed E-state index contributed by atoms with van der Waals surface area (Å²) in [5.41, 5.74) is 6.41. The standard InChI is InChI=1S/C9H19N/c1-3-8(4-2)9(10)6-5-7-9/h8H,3-7,10H2,1-2H3. The zero-order chi connectivity index (χ0) is 7.61. The van der Waals surface area contributed by atoms with Gasteiger partial charge in [-0.15, -0.1) is 0 Å². The van der Waals surface area contributed by atoms with Crippen molar-refractivity contribution in [3.8, 4) is 0 Å². The van der Waals surface area contributed by atoms with Gasteiger partial charge in [-0.1, -0.05) is 26.7 Å². The number of rotatable bonds is 3. The average Bonchev–Trinajstić information content (AvgIpc) is 1.87. The molecule has 1 aliphatic rings. The van der Waals surface area contributed by atoms with Gasteiger partial charge in [0.1, 0.15) is 0 Å². The third-order valence-electron chi connectivity index (χ3n) is 3.08.